The van der Waals surface area contributed by atoms with Gasteiger partial charge in [-0.2, -0.15) is 0 Å². The minimum Gasteiger partial charge on any atom is -0.492 e. The van der Waals surface area contributed by atoms with Gasteiger partial charge in [0, 0.05) is 24.1 Å². The summed E-state index contributed by atoms with van der Waals surface area (Å²) in [6.45, 7) is 2.67. The Morgan fingerprint density at radius 2 is 2.22 bits per heavy atom. The van der Waals surface area contributed by atoms with Crippen molar-refractivity contribution in [2.45, 2.75) is 24.2 Å². The molecule has 0 bridgehead atoms. The summed E-state index contributed by atoms with van der Waals surface area (Å²) in [6.07, 6.45) is 2.38. The second kappa shape index (κ2) is 8.84. The third kappa shape index (κ3) is 5.61. The number of hydrogen-bond acceptors (Lipinski definition) is 5. The molecule has 1 aromatic rings. The standard InChI is InChI=1S/C15H23ClN2O4S/c16-13-3-4-14(22-11-12-5-8-21-10-12)15(9-13)23(19,20)18-7-2-1-6-17/h3-4,9,12,18H,1-2,5-8,10-11,17H2. The number of halogens is 1. The molecule has 1 aliphatic rings. The van der Waals surface area contributed by atoms with Gasteiger partial charge in [-0.05, 0) is 44.0 Å². The van der Waals surface area contributed by atoms with Crippen LogP contribution in [0.3, 0.4) is 0 Å². The Kier molecular flexibility index (Phi) is 7.10. The maximum absolute atomic E-state index is 12.5. The van der Waals surface area contributed by atoms with Crippen LogP contribution in [0.4, 0.5) is 0 Å². The fourth-order valence-electron chi connectivity index (χ4n) is 2.29. The average molecular weight is 363 g/mol. The molecule has 0 saturated carbocycles. The molecule has 0 radical (unpaired) electrons. The number of unbranched alkanes of at least 4 members (excludes halogenated alkanes) is 1. The molecule has 23 heavy (non-hydrogen) atoms. The van der Waals surface area contributed by atoms with Crippen molar-refractivity contribution in [2.75, 3.05) is 32.9 Å². The molecular weight excluding hydrogens is 340 g/mol. The van der Waals surface area contributed by atoms with Crippen LogP contribution in [0, 0.1) is 5.92 Å². The van der Waals surface area contributed by atoms with E-state index in [1.807, 2.05) is 0 Å². The molecule has 0 amide bonds. The van der Waals surface area contributed by atoms with E-state index in [1.54, 1.807) is 12.1 Å². The smallest absolute Gasteiger partial charge is 0.244 e. The van der Waals surface area contributed by atoms with Gasteiger partial charge >= 0.3 is 0 Å². The van der Waals surface area contributed by atoms with Gasteiger partial charge in [-0.25, -0.2) is 13.1 Å². The highest BCUT2D eigenvalue weighted by Crippen LogP contribution is 2.28. The van der Waals surface area contributed by atoms with Gasteiger partial charge in [0.2, 0.25) is 10.0 Å². The van der Waals surface area contributed by atoms with Crippen molar-refractivity contribution in [3.8, 4) is 5.75 Å². The minimum atomic E-state index is -3.67. The lowest BCUT2D eigenvalue weighted by molar-refractivity contribution is 0.166. The lowest BCUT2D eigenvalue weighted by Gasteiger charge is -2.15. The Morgan fingerprint density at radius 3 is 2.91 bits per heavy atom. The first-order valence-electron chi connectivity index (χ1n) is 7.73. The van der Waals surface area contributed by atoms with E-state index in [4.69, 9.17) is 26.8 Å². The second-order valence-corrected chi connectivity index (χ2v) is 7.70. The van der Waals surface area contributed by atoms with Crippen molar-refractivity contribution in [2.24, 2.45) is 11.7 Å². The zero-order valence-electron chi connectivity index (χ0n) is 13.0. The van der Waals surface area contributed by atoms with Gasteiger partial charge < -0.3 is 15.2 Å². The summed E-state index contributed by atoms with van der Waals surface area (Å²) in [7, 11) is -3.67. The first-order valence-corrected chi connectivity index (χ1v) is 9.59. The summed E-state index contributed by atoms with van der Waals surface area (Å²) < 4.78 is 38.5. The zero-order chi connectivity index (χ0) is 16.7. The zero-order valence-corrected chi connectivity index (χ0v) is 14.5. The average Bonchev–Trinajstić information content (AvgIpc) is 3.04. The van der Waals surface area contributed by atoms with Crippen LogP contribution in [-0.2, 0) is 14.8 Å². The summed E-state index contributed by atoms with van der Waals surface area (Å²) in [5.41, 5.74) is 5.41. The van der Waals surface area contributed by atoms with Crippen molar-refractivity contribution in [1.29, 1.82) is 0 Å². The Labute approximate surface area is 142 Å². The molecule has 1 unspecified atom stereocenters. The predicted molar refractivity (Wildman–Crippen MR) is 89.3 cm³/mol. The number of nitrogens with two attached hydrogens (primary N) is 1. The van der Waals surface area contributed by atoms with Crippen molar-refractivity contribution < 1.29 is 17.9 Å². The van der Waals surface area contributed by atoms with Gasteiger partial charge in [-0.1, -0.05) is 11.6 Å². The third-order valence-electron chi connectivity index (χ3n) is 3.62. The molecule has 6 nitrogen and oxygen atoms in total. The quantitative estimate of drug-likeness (QED) is 0.653. The summed E-state index contributed by atoms with van der Waals surface area (Å²) in [6, 6.07) is 4.62. The van der Waals surface area contributed by atoms with Crippen LogP contribution >= 0.6 is 11.6 Å². The van der Waals surface area contributed by atoms with E-state index in [9.17, 15) is 8.42 Å². The summed E-state index contributed by atoms with van der Waals surface area (Å²) in [5.74, 6) is 0.603. The number of nitrogens with one attached hydrogen (secondary N) is 1. The van der Waals surface area contributed by atoms with Gasteiger partial charge in [0.05, 0.1) is 13.2 Å². The van der Waals surface area contributed by atoms with E-state index >= 15 is 0 Å². The second-order valence-electron chi connectivity index (χ2n) is 5.53. The predicted octanol–water partition coefficient (Wildman–Crippen LogP) is 1.77. The molecule has 8 heteroatoms. The fourth-order valence-corrected chi connectivity index (χ4v) is 3.77. The molecule has 0 aliphatic carbocycles. The van der Waals surface area contributed by atoms with Gasteiger partial charge in [0.25, 0.3) is 0 Å². The molecular formula is C15H23ClN2O4S. The molecule has 3 N–H and O–H groups in total. The maximum atomic E-state index is 12.5. The van der Waals surface area contributed by atoms with E-state index in [1.165, 1.54) is 6.07 Å². The Balaban J connectivity index is 2.07. The van der Waals surface area contributed by atoms with Gasteiger partial charge in [0.15, 0.2) is 0 Å². The van der Waals surface area contributed by atoms with Crippen LogP contribution in [0.5, 0.6) is 5.75 Å². The molecule has 130 valence electrons. The van der Waals surface area contributed by atoms with E-state index in [2.05, 4.69) is 4.72 Å². The van der Waals surface area contributed by atoms with Crippen LogP contribution in [0.25, 0.3) is 0 Å². The molecule has 1 aliphatic heterocycles. The summed E-state index contributed by atoms with van der Waals surface area (Å²) in [4.78, 5) is 0.0664. The van der Waals surface area contributed by atoms with Crippen molar-refractivity contribution in [1.82, 2.24) is 4.72 Å². The van der Waals surface area contributed by atoms with Crippen molar-refractivity contribution in [3.63, 3.8) is 0 Å². The number of hydrogen-bond donors (Lipinski definition) is 2. The molecule has 1 heterocycles. The van der Waals surface area contributed by atoms with Gasteiger partial charge in [-0.15, -0.1) is 0 Å². The van der Waals surface area contributed by atoms with Gasteiger partial charge in [-0.3, -0.25) is 0 Å². The largest absolute Gasteiger partial charge is 0.492 e. The van der Waals surface area contributed by atoms with Crippen molar-refractivity contribution in [3.05, 3.63) is 23.2 Å². The molecule has 2 rings (SSSR count). The first kappa shape index (κ1) is 18.5. The molecule has 1 saturated heterocycles. The molecule has 0 aromatic heterocycles. The van der Waals surface area contributed by atoms with Gasteiger partial charge in [0.1, 0.15) is 10.6 Å². The molecule has 0 spiro atoms. The molecule has 1 fully saturated rings. The lowest BCUT2D eigenvalue weighted by Crippen LogP contribution is -2.26. The topological polar surface area (TPSA) is 90.7 Å². The summed E-state index contributed by atoms with van der Waals surface area (Å²) >= 11 is 5.95. The van der Waals surface area contributed by atoms with E-state index in [0.29, 0.717) is 49.4 Å². The highest BCUT2D eigenvalue weighted by Gasteiger charge is 2.22. The maximum Gasteiger partial charge on any atom is 0.244 e. The summed E-state index contributed by atoms with van der Waals surface area (Å²) in [5, 5.41) is 0.351. The first-order chi connectivity index (χ1) is 11.0. The Hall–Kier alpha value is -0.860. The highest BCUT2D eigenvalue weighted by molar-refractivity contribution is 7.89. The number of rotatable bonds is 9. The van der Waals surface area contributed by atoms with Crippen LogP contribution in [0.1, 0.15) is 19.3 Å². The third-order valence-corrected chi connectivity index (χ3v) is 5.33. The van der Waals surface area contributed by atoms with Crippen molar-refractivity contribution >= 4 is 21.6 Å². The number of ether oxygens (including phenoxy) is 2. The Morgan fingerprint density at radius 1 is 1.39 bits per heavy atom. The molecule has 1 atom stereocenters. The Bertz CT molecular complexity index is 603. The van der Waals surface area contributed by atoms with Crippen LogP contribution < -0.4 is 15.2 Å². The van der Waals surface area contributed by atoms with Crippen LogP contribution in [0.15, 0.2) is 23.1 Å². The van der Waals surface area contributed by atoms with E-state index in [0.717, 1.165) is 19.4 Å². The van der Waals surface area contributed by atoms with Crippen LogP contribution in [-0.4, -0.2) is 41.3 Å². The fraction of sp³-hybridized carbons (Fsp3) is 0.600. The molecule has 1 aromatic carbocycles. The highest BCUT2D eigenvalue weighted by atomic mass is 35.5. The van der Waals surface area contributed by atoms with E-state index < -0.39 is 10.0 Å². The van der Waals surface area contributed by atoms with Crippen LogP contribution in [0.2, 0.25) is 5.02 Å². The van der Waals surface area contributed by atoms with E-state index in [-0.39, 0.29) is 4.90 Å². The monoisotopic (exact) mass is 362 g/mol. The minimum absolute atomic E-state index is 0.0664. The lowest BCUT2D eigenvalue weighted by atomic mass is 10.1. The number of sulfonamides is 1. The normalized spacial score (nSPS) is 18.3. The number of benzene rings is 1. The SMILES string of the molecule is NCCCCNS(=O)(=O)c1cc(Cl)ccc1OCC1CCOC1.